The van der Waals surface area contributed by atoms with Gasteiger partial charge in [0.2, 0.25) is 11.8 Å². The molecule has 0 aliphatic carbocycles. The molecule has 4 rings (SSSR count). The first-order valence-corrected chi connectivity index (χ1v) is 9.36. The highest BCUT2D eigenvalue weighted by Gasteiger charge is 2.37. The number of hydrogen-bond acceptors (Lipinski definition) is 3. The molecule has 146 valence electrons. The molecule has 7 heteroatoms. The van der Waals surface area contributed by atoms with Crippen LogP contribution in [0, 0.1) is 17.6 Å². The minimum absolute atomic E-state index is 0.0169. The summed E-state index contributed by atoms with van der Waals surface area (Å²) < 4.78 is 26.2. The Bertz CT molecular complexity index is 862. The molecule has 2 aliphatic rings. The first-order chi connectivity index (χ1) is 13.5. The normalized spacial score (nSPS) is 20.0. The molecule has 0 aromatic heterocycles. The molecule has 5 nitrogen and oxygen atoms in total. The van der Waals surface area contributed by atoms with Crippen molar-refractivity contribution in [2.45, 2.75) is 6.42 Å². The van der Waals surface area contributed by atoms with E-state index in [4.69, 9.17) is 0 Å². The van der Waals surface area contributed by atoms with E-state index in [2.05, 4.69) is 4.90 Å². The van der Waals surface area contributed by atoms with Gasteiger partial charge in [0.15, 0.2) is 0 Å². The molecule has 2 aliphatic heterocycles. The molecule has 2 saturated heterocycles. The van der Waals surface area contributed by atoms with Gasteiger partial charge in [-0.25, -0.2) is 8.78 Å². The summed E-state index contributed by atoms with van der Waals surface area (Å²) in [6.07, 6.45) is 0.175. The lowest BCUT2D eigenvalue weighted by Gasteiger charge is -2.37. The first-order valence-electron chi connectivity index (χ1n) is 9.36. The van der Waals surface area contributed by atoms with Crippen molar-refractivity contribution < 1.29 is 18.4 Å². The van der Waals surface area contributed by atoms with Gasteiger partial charge in [-0.1, -0.05) is 0 Å². The van der Waals surface area contributed by atoms with Gasteiger partial charge < -0.3 is 14.7 Å². The maximum atomic E-state index is 13.1. The summed E-state index contributed by atoms with van der Waals surface area (Å²) in [5, 5.41) is 0. The van der Waals surface area contributed by atoms with Crippen LogP contribution in [-0.2, 0) is 9.59 Å². The zero-order valence-corrected chi connectivity index (χ0v) is 15.4. The number of nitrogens with zero attached hydrogens (tertiary/aromatic N) is 3. The van der Waals surface area contributed by atoms with Crippen molar-refractivity contribution in [3.63, 3.8) is 0 Å². The minimum atomic E-state index is -0.380. The highest BCUT2D eigenvalue weighted by molar-refractivity contribution is 6.00. The van der Waals surface area contributed by atoms with Gasteiger partial charge in [-0.05, 0) is 48.5 Å². The third-order valence-corrected chi connectivity index (χ3v) is 5.40. The van der Waals surface area contributed by atoms with Crippen molar-refractivity contribution in [1.82, 2.24) is 4.90 Å². The predicted octanol–water partition coefficient (Wildman–Crippen LogP) is 2.67. The summed E-state index contributed by atoms with van der Waals surface area (Å²) in [4.78, 5) is 30.7. The minimum Gasteiger partial charge on any atom is -0.368 e. The Morgan fingerprint density at radius 1 is 0.821 bits per heavy atom. The van der Waals surface area contributed by atoms with Gasteiger partial charge in [0.25, 0.3) is 0 Å². The van der Waals surface area contributed by atoms with E-state index in [0.29, 0.717) is 38.4 Å². The number of carbonyl (C=O) groups excluding carboxylic acids is 2. The molecular weight excluding hydrogens is 364 g/mol. The Kier molecular flexibility index (Phi) is 4.98. The van der Waals surface area contributed by atoms with E-state index >= 15 is 0 Å². The average molecular weight is 385 g/mol. The number of anilines is 2. The molecule has 0 unspecified atom stereocenters. The molecule has 1 atom stereocenters. The summed E-state index contributed by atoms with van der Waals surface area (Å²) in [7, 11) is 0. The van der Waals surface area contributed by atoms with Gasteiger partial charge in [0, 0.05) is 50.5 Å². The fourth-order valence-electron chi connectivity index (χ4n) is 3.84. The maximum Gasteiger partial charge on any atom is 0.228 e. The lowest BCUT2D eigenvalue weighted by molar-refractivity contribution is -0.136. The van der Waals surface area contributed by atoms with Gasteiger partial charge in [-0.15, -0.1) is 0 Å². The number of benzene rings is 2. The fraction of sp³-hybridized carbons (Fsp3) is 0.333. The van der Waals surface area contributed by atoms with E-state index in [9.17, 15) is 18.4 Å². The van der Waals surface area contributed by atoms with Crippen LogP contribution in [0.2, 0.25) is 0 Å². The van der Waals surface area contributed by atoms with Crippen molar-refractivity contribution in [3.8, 4) is 0 Å². The van der Waals surface area contributed by atoms with Crippen LogP contribution in [0.3, 0.4) is 0 Å². The predicted molar refractivity (Wildman–Crippen MR) is 102 cm³/mol. The molecule has 2 aromatic carbocycles. The van der Waals surface area contributed by atoms with E-state index in [1.807, 2.05) is 0 Å². The standard InChI is InChI=1S/C21H21F2N3O2/c22-16-1-5-18(6-2-16)24-9-11-25(12-10-24)21(28)15-13-20(27)26(14-15)19-7-3-17(23)4-8-19/h1-8,15H,9-14H2/t15-/m1/s1. The highest BCUT2D eigenvalue weighted by atomic mass is 19.1. The molecule has 0 radical (unpaired) electrons. The second kappa shape index (κ2) is 7.58. The largest absolute Gasteiger partial charge is 0.368 e. The number of halogens is 2. The molecule has 0 N–H and O–H groups in total. The number of carbonyl (C=O) groups is 2. The third kappa shape index (κ3) is 3.69. The summed E-state index contributed by atoms with van der Waals surface area (Å²) in [6.45, 7) is 2.79. The lowest BCUT2D eigenvalue weighted by atomic mass is 10.1. The van der Waals surface area contributed by atoms with E-state index in [1.165, 1.54) is 24.3 Å². The van der Waals surface area contributed by atoms with Gasteiger partial charge in [0.05, 0.1) is 5.92 Å². The molecule has 2 heterocycles. The molecule has 0 bridgehead atoms. The van der Waals surface area contributed by atoms with Crippen molar-refractivity contribution in [2.24, 2.45) is 5.92 Å². The fourth-order valence-corrected chi connectivity index (χ4v) is 3.84. The molecule has 0 spiro atoms. The summed E-state index contributed by atoms with van der Waals surface area (Å²) in [6, 6.07) is 12.1. The van der Waals surface area contributed by atoms with Gasteiger partial charge in [-0.2, -0.15) is 0 Å². The van der Waals surface area contributed by atoms with Crippen LogP contribution in [0.5, 0.6) is 0 Å². The molecule has 0 saturated carbocycles. The van der Waals surface area contributed by atoms with E-state index in [-0.39, 0.29) is 35.8 Å². The molecule has 2 aromatic rings. The van der Waals surface area contributed by atoms with Crippen molar-refractivity contribution in [1.29, 1.82) is 0 Å². The quantitative estimate of drug-likeness (QED) is 0.816. The van der Waals surface area contributed by atoms with Crippen LogP contribution in [0.15, 0.2) is 48.5 Å². The molecule has 2 amide bonds. The SMILES string of the molecule is O=C([C@@H]1CC(=O)N(c2ccc(F)cc2)C1)N1CCN(c2ccc(F)cc2)CC1. The summed E-state index contributed by atoms with van der Waals surface area (Å²) in [5.41, 5.74) is 1.55. The Morgan fingerprint density at radius 2 is 1.36 bits per heavy atom. The van der Waals surface area contributed by atoms with E-state index in [1.54, 1.807) is 34.1 Å². The van der Waals surface area contributed by atoms with Crippen LogP contribution in [0.4, 0.5) is 20.2 Å². The number of amides is 2. The monoisotopic (exact) mass is 385 g/mol. The zero-order valence-electron chi connectivity index (χ0n) is 15.4. The third-order valence-electron chi connectivity index (χ3n) is 5.40. The van der Waals surface area contributed by atoms with Crippen LogP contribution in [-0.4, -0.2) is 49.4 Å². The average Bonchev–Trinajstić information content (AvgIpc) is 3.10. The maximum absolute atomic E-state index is 13.1. The Hall–Kier alpha value is -2.96. The number of hydrogen-bond donors (Lipinski definition) is 0. The van der Waals surface area contributed by atoms with Crippen molar-refractivity contribution >= 4 is 23.2 Å². The Balaban J connectivity index is 1.36. The number of piperazine rings is 1. The summed E-state index contributed by atoms with van der Waals surface area (Å²) >= 11 is 0. The van der Waals surface area contributed by atoms with Crippen molar-refractivity contribution in [2.75, 3.05) is 42.5 Å². The summed E-state index contributed by atoms with van der Waals surface area (Å²) in [5.74, 6) is -1.14. The van der Waals surface area contributed by atoms with Crippen LogP contribution in [0.1, 0.15) is 6.42 Å². The van der Waals surface area contributed by atoms with Crippen LogP contribution < -0.4 is 9.80 Å². The van der Waals surface area contributed by atoms with Crippen LogP contribution >= 0.6 is 0 Å². The Labute approximate surface area is 162 Å². The second-order valence-electron chi connectivity index (χ2n) is 7.17. The van der Waals surface area contributed by atoms with Gasteiger partial charge in [-0.3, -0.25) is 9.59 Å². The highest BCUT2D eigenvalue weighted by Crippen LogP contribution is 2.27. The zero-order chi connectivity index (χ0) is 19.7. The molecule has 2 fully saturated rings. The molecular formula is C21H21F2N3O2. The van der Waals surface area contributed by atoms with Crippen LogP contribution in [0.25, 0.3) is 0 Å². The van der Waals surface area contributed by atoms with Gasteiger partial charge in [0.1, 0.15) is 11.6 Å². The first kappa shape index (κ1) is 18.4. The topological polar surface area (TPSA) is 43.9 Å². The van der Waals surface area contributed by atoms with Crippen molar-refractivity contribution in [3.05, 3.63) is 60.2 Å². The number of rotatable bonds is 3. The second-order valence-corrected chi connectivity index (χ2v) is 7.17. The smallest absolute Gasteiger partial charge is 0.228 e. The van der Waals surface area contributed by atoms with Gasteiger partial charge >= 0.3 is 0 Å². The van der Waals surface area contributed by atoms with E-state index < -0.39 is 0 Å². The van der Waals surface area contributed by atoms with E-state index in [0.717, 1.165) is 5.69 Å². The Morgan fingerprint density at radius 3 is 1.93 bits per heavy atom. The molecule has 28 heavy (non-hydrogen) atoms. The lowest BCUT2D eigenvalue weighted by Crippen LogP contribution is -2.50.